The molecule has 5 nitrogen and oxygen atoms in total. The van der Waals surface area contributed by atoms with Crippen LogP contribution in [0.1, 0.15) is 194 Å². The van der Waals surface area contributed by atoms with E-state index in [1.165, 1.54) is 141 Å². The Bertz CT molecular complexity index is 679. The lowest BCUT2D eigenvalue weighted by Crippen LogP contribution is -2.39. The third-order valence-electron chi connectivity index (χ3n) is 9.73. The van der Waals surface area contributed by atoms with Gasteiger partial charge >= 0.3 is 11.9 Å². The van der Waals surface area contributed by atoms with Crippen molar-refractivity contribution in [1.29, 1.82) is 0 Å². The first kappa shape index (κ1) is 38.1. The molecule has 0 radical (unpaired) electrons. The Kier molecular flexibility index (Phi) is 23.2. The van der Waals surface area contributed by atoms with Crippen molar-refractivity contribution in [1.82, 2.24) is 0 Å². The van der Waals surface area contributed by atoms with Gasteiger partial charge < -0.3 is 14.2 Å². The summed E-state index contributed by atoms with van der Waals surface area (Å²) in [6, 6.07) is 0. The van der Waals surface area contributed by atoms with E-state index in [4.69, 9.17) is 14.2 Å². The monoisotopic (exact) mass is 607 g/mol. The summed E-state index contributed by atoms with van der Waals surface area (Å²) >= 11 is 0. The number of esters is 2. The van der Waals surface area contributed by atoms with Crippen LogP contribution in [0.25, 0.3) is 0 Å². The summed E-state index contributed by atoms with van der Waals surface area (Å²) in [5.74, 6) is -1.38. The van der Waals surface area contributed by atoms with E-state index in [-0.39, 0.29) is 24.1 Å². The van der Waals surface area contributed by atoms with Crippen LogP contribution in [0.4, 0.5) is 0 Å². The fourth-order valence-electron chi connectivity index (χ4n) is 6.81. The van der Waals surface area contributed by atoms with Crippen LogP contribution >= 0.6 is 0 Å². The van der Waals surface area contributed by atoms with E-state index in [2.05, 4.69) is 13.8 Å². The van der Waals surface area contributed by atoms with Gasteiger partial charge in [-0.1, -0.05) is 168 Å². The highest BCUT2D eigenvalue weighted by molar-refractivity contribution is 5.83. The molecule has 1 saturated heterocycles. The number of carbonyl (C=O) groups excluding carboxylic acids is 2. The molecule has 252 valence electrons. The fourth-order valence-corrected chi connectivity index (χ4v) is 6.81. The number of ether oxygens (including phenoxy) is 3. The summed E-state index contributed by atoms with van der Waals surface area (Å²) in [7, 11) is 0. The lowest BCUT2D eigenvalue weighted by molar-refractivity contribution is -0.162. The van der Waals surface area contributed by atoms with Crippen molar-refractivity contribution in [2.45, 2.75) is 206 Å². The second-order valence-corrected chi connectivity index (χ2v) is 13.7. The van der Waals surface area contributed by atoms with Gasteiger partial charge in [0, 0.05) is 0 Å². The average molecular weight is 607 g/mol. The molecule has 0 amide bonds. The standard InChI is InChI=1S/C38H70O5/c1-3-5-7-9-11-13-15-17-19-21-23-25-27-31-41-37(39)33-29-30-34-36(43-34)35(33)38(40)42-32-28-26-24-22-20-18-16-14-12-10-8-6-4-2/h33-36H,3-32H2,1-2H3. The number of hydrogen-bond donors (Lipinski definition) is 0. The number of epoxide rings is 1. The maximum atomic E-state index is 13.0. The van der Waals surface area contributed by atoms with Crippen molar-refractivity contribution in [2.24, 2.45) is 11.8 Å². The Morgan fingerprint density at radius 3 is 1.23 bits per heavy atom. The van der Waals surface area contributed by atoms with Crippen molar-refractivity contribution < 1.29 is 23.8 Å². The maximum absolute atomic E-state index is 13.0. The SMILES string of the molecule is CCCCCCCCCCCCCCCOC(=O)C1CCC2OC2C1C(=O)OCCCCCCCCCCCCCCC. The van der Waals surface area contributed by atoms with E-state index < -0.39 is 11.8 Å². The van der Waals surface area contributed by atoms with Gasteiger partial charge in [0.1, 0.15) is 0 Å². The molecule has 1 heterocycles. The number of fused-ring (bicyclic) bond motifs is 1. The first-order valence-corrected chi connectivity index (χ1v) is 19.2. The zero-order valence-corrected chi connectivity index (χ0v) is 28.6. The summed E-state index contributed by atoms with van der Waals surface area (Å²) in [4.78, 5) is 25.9. The van der Waals surface area contributed by atoms with E-state index in [1.807, 2.05) is 0 Å². The van der Waals surface area contributed by atoms with Crippen LogP contribution in [0.2, 0.25) is 0 Å². The molecule has 5 heteroatoms. The predicted octanol–water partition coefficient (Wildman–Crippen LogP) is 11.0. The molecule has 1 aliphatic carbocycles. The fraction of sp³-hybridized carbons (Fsp3) is 0.947. The van der Waals surface area contributed by atoms with Gasteiger partial charge in [-0.3, -0.25) is 9.59 Å². The Morgan fingerprint density at radius 1 is 0.488 bits per heavy atom. The highest BCUT2D eigenvalue weighted by atomic mass is 16.6. The molecule has 2 rings (SSSR count). The molecule has 4 atom stereocenters. The van der Waals surface area contributed by atoms with Gasteiger partial charge in [-0.25, -0.2) is 0 Å². The zero-order chi connectivity index (χ0) is 30.8. The molecular weight excluding hydrogens is 536 g/mol. The summed E-state index contributed by atoms with van der Waals surface area (Å²) in [6.45, 7) is 5.45. The largest absolute Gasteiger partial charge is 0.465 e. The quantitative estimate of drug-likeness (QED) is 0.0462. The Hall–Kier alpha value is -1.10. The lowest BCUT2D eigenvalue weighted by atomic mass is 9.79. The molecule has 43 heavy (non-hydrogen) atoms. The average Bonchev–Trinajstić information content (AvgIpc) is 3.80. The van der Waals surface area contributed by atoms with E-state index in [0.717, 1.165) is 32.1 Å². The molecular formula is C38H70O5. The number of hydrogen-bond acceptors (Lipinski definition) is 5. The zero-order valence-electron chi connectivity index (χ0n) is 28.6. The molecule has 0 spiro atoms. The van der Waals surface area contributed by atoms with Gasteiger partial charge in [-0.05, 0) is 25.7 Å². The molecule has 0 bridgehead atoms. The van der Waals surface area contributed by atoms with Crippen LogP contribution < -0.4 is 0 Å². The Morgan fingerprint density at radius 2 is 0.837 bits per heavy atom. The Balaban J connectivity index is 1.45. The van der Waals surface area contributed by atoms with Crippen LogP contribution in [0.5, 0.6) is 0 Å². The Labute approximate surface area is 266 Å². The van der Waals surface area contributed by atoms with Gasteiger partial charge in [-0.2, -0.15) is 0 Å². The van der Waals surface area contributed by atoms with Crippen LogP contribution in [-0.4, -0.2) is 37.4 Å². The summed E-state index contributed by atoms with van der Waals surface area (Å²) in [5, 5.41) is 0. The van der Waals surface area contributed by atoms with Gasteiger partial charge in [0.2, 0.25) is 0 Å². The molecule has 1 saturated carbocycles. The molecule has 0 aromatic rings. The minimum absolute atomic E-state index is 0.124. The maximum Gasteiger partial charge on any atom is 0.312 e. The second kappa shape index (κ2) is 26.1. The highest BCUT2D eigenvalue weighted by Gasteiger charge is 2.57. The predicted molar refractivity (Wildman–Crippen MR) is 178 cm³/mol. The van der Waals surface area contributed by atoms with Crippen LogP contribution in [-0.2, 0) is 23.8 Å². The molecule has 4 unspecified atom stereocenters. The van der Waals surface area contributed by atoms with E-state index >= 15 is 0 Å². The number of rotatable bonds is 30. The molecule has 0 aromatic carbocycles. The summed E-state index contributed by atoms with van der Waals surface area (Å²) in [5.41, 5.74) is 0. The van der Waals surface area contributed by atoms with Gasteiger partial charge in [0.15, 0.2) is 0 Å². The van der Waals surface area contributed by atoms with Crippen molar-refractivity contribution in [3.63, 3.8) is 0 Å². The minimum atomic E-state index is -0.486. The third-order valence-corrected chi connectivity index (χ3v) is 9.73. The molecule has 0 aromatic heterocycles. The first-order valence-electron chi connectivity index (χ1n) is 19.2. The van der Waals surface area contributed by atoms with Crippen molar-refractivity contribution in [3.8, 4) is 0 Å². The highest BCUT2D eigenvalue weighted by Crippen LogP contribution is 2.45. The second-order valence-electron chi connectivity index (χ2n) is 13.7. The van der Waals surface area contributed by atoms with Crippen molar-refractivity contribution in [2.75, 3.05) is 13.2 Å². The van der Waals surface area contributed by atoms with Crippen LogP contribution in [0.15, 0.2) is 0 Å². The first-order chi connectivity index (χ1) is 21.2. The van der Waals surface area contributed by atoms with Gasteiger partial charge in [0.25, 0.3) is 0 Å². The van der Waals surface area contributed by atoms with Crippen LogP contribution in [0, 0.1) is 11.8 Å². The van der Waals surface area contributed by atoms with E-state index in [0.29, 0.717) is 19.6 Å². The number of unbranched alkanes of at least 4 members (excludes halogenated alkanes) is 24. The summed E-state index contributed by atoms with van der Waals surface area (Å²) < 4.78 is 17.0. The molecule has 1 aliphatic heterocycles. The summed E-state index contributed by atoms with van der Waals surface area (Å²) in [6.07, 6.45) is 35.2. The topological polar surface area (TPSA) is 65.1 Å². The van der Waals surface area contributed by atoms with Crippen molar-refractivity contribution >= 4 is 11.9 Å². The van der Waals surface area contributed by atoms with Crippen molar-refractivity contribution in [3.05, 3.63) is 0 Å². The lowest BCUT2D eigenvalue weighted by Gasteiger charge is -2.25. The molecule has 2 fully saturated rings. The van der Waals surface area contributed by atoms with Crippen LogP contribution in [0.3, 0.4) is 0 Å². The molecule has 0 N–H and O–H groups in total. The van der Waals surface area contributed by atoms with E-state index in [1.54, 1.807) is 0 Å². The van der Waals surface area contributed by atoms with Gasteiger partial charge in [-0.15, -0.1) is 0 Å². The normalized spacial score (nSPS) is 21.0. The smallest absolute Gasteiger partial charge is 0.312 e. The van der Waals surface area contributed by atoms with Gasteiger partial charge in [0.05, 0.1) is 37.3 Å². The third kappa shape index (κ3) is 18.5. The molecule has 2 aliphatic rings. The minimum Gasteiger partial charge on any atom is -0.465 e. The van der Waals surface area contributed by atoms with E-state index in [9.17, 15) is 9.59 Å². The number of carbonyl (C=O) groups is 2.